The largest absolute Gasteiger partial charge is 0.254 e. The monoisotopic (exact) mass is 518 g/mol. The fourth-order valence-electron chi connectivity index (χ4n) is 5.86. The Bertz CT molecular complexity index is 485. The van der Waals surface area contributed by atoms with Crippen molar-refractivity contribution in [1.82, 2.24) is 0 Å². The van der Waals surface area contributed by atoms with Crippen molar-refractivity contribution in [3.05, 3.63) is 12.4 Å². The van der Waals surface area contributed by atoms with Crippen molar-refractivity contribution in [3.63, 3.8) is 0 Å². The number of rotatable bonds is 28. The Balaban J connectivity index is 1.90. The van der Waals surface area contributed by atoms with Crippen LogP contribution in [-0.4, -0.2) is 23.9 Å². The molecule has 0 aliphatic carbocycles. The molecular formula is C35H69N2+. The van der Waals surface area contributed by atoms with Gasteiger partial charge in [-0.15, -0.1) is 0 Å². The minimum atomic E-state index is 0.884. The van der Waals surface area contributed by atoms with Gasteiger partial charge in [-0.3, -0.25) is 4.48 Å². The first kappa shape index (κ1) is 34.4. The molecule has 0 unspecified atom stereocenters. The van der Waals surface area contributed by atoms with Crippen molar-refractivity contribution in [3.8, 4) is 0 Å². The van der Waals surface area contributed by atoms with Gasteiger partial charge in [0.1, 0.15) is 6.20 Å². The number of aliphatic imine (C=N–C) groups is 1. The van der Waals surface area contributed by atoms with Crippen LogP contribution in [0.5, 0.6) is 0 Å². The molecule has 1 aliphatic heterocycles. The molecule has 1 aliphatic rings. The quantitative estimate of drug-likeness (QED) is 0.0722. The Labute approximate surface area is 234 Å². The molecule has 0 N–H and O–H groups in total. The smallest absolute Gasteiger partial charge is 0.194 e. The van der Waals surface area contributed by atoms with E-state index in [9.17, 15) is 0 Å². The first-order valence-electron chi connectivity index (χ1n) is 17.1. The second-order valence-corrected chi connectivity index (χ2v) is 13.3. The number of quaternary nitrogens is 1. The topological polar surface area (TPSA) is 12.4 Å². The average molecular weight is 518 g/mol. The molecule has 37 heavy (non-hydrogen) atoms. The highest BCUT2D eigenvalue weighted by Crippen LogP contribution is 2.19. The molecular weight excluding hydrogens is 448 g/mol. The van der Waals surface area contributed by atoms with Crippen molar-refractivity contribution in [2.45, 2.75) is 182 Å². The summed E-state index contributed by atoms with van der Waals surface area (Å²) in [6, 6.07) is 0. The molecule has 0 radical (unpaired) electrons. The van der Waals surface area contributed by atoms with Crippen molar-refractivity contribution in [2.24, 2.45) is 16.8 Å². The highest BCUT2D eigenvalue weighted by atomic mass is 15.4. The van der Waals surface area contributed by atoms with Crippen LogP contribution in [0, 0.1) is 11.8 Å². The van der Waals surface area contributed by atoms with E-state index in [0.29, 0.717) is 0 Å². The average Bonchev–Trinajstić information content (AvgIpc) is 3.33. The van der Waals surface area contributed by atoms with Crippen LogP contribution < -0.4 is 0 Å². The molecule has 2 heteroatoms. The van der Waals surface area contributed by atoms with Gasteiger partial charge in [-0.05, 0) is 37.5 Å². The Kier molecular flexibility index (Phi) is 22.7. The third kappa shape index (κ3) is 21.9. The molecule has 218 valence electrons. The van der Waals surface area contributed by atoms with Crippen molar-refractivity contribution >= 4 is 6.34 Å². The second kappa shape index (κ2) is 24.4. The van der Waals surface area contributed by atoms with E-state index in [1.807, 2.05) is 6.20 Å². The number of hydrogen-bond acceptors (Lipinski definition) is 1. The summed E-state index contributed by atoms with van der Waals surface area (Å²) in [6.07, 6.45) is 41.0. The lowest BCUT2D eigenvalue weighted by atomic mass is 10.0. The van der Waals surface area contributed by atoms with Gasteiger partial charge in [-0.25, -0.2) is 4.99 Å². The first-order chi connectivity index (χ1) is 18.0. The Morgan fingerprint density at radius 2 is 0.730 bits per heavy atom. The molecule has 0 saturated heterocycles. The van der Waals surface area contributed by atoms with Gasteiger partial charge >= 0.3 is 0 Å². The van der Waals surface area contributed by atoms with Crippen molar-refractivity contribution < 1.29 is 4.48 Å². The molecule has 2 nitrogen and oxygen atoms in total. The zero-order valence-electron chi connectivity index (χ0n) is 26.2. The summed E-state index contributed by atoms with van der Waals surface area (Å²) >= 11 is 0. The predicted octanol–water partition coefficient (Wildman–Crippen LogP) is 12.0. The van der Waals surface area contributed by atoms with Crippen LogP contribution in [0.15, 0.2) is 17.4 Å². The standard InChI is InChI=1S/C35H69N2/c1-34(2)27-23-19-15-11-7-5-9-13-17-21-25-30-37(32-29-36-33-37)31-26-22-18-14-10-6-8-12-16-20-24-28-35(3)4/h29,32-35H,5-28,30-31H2,1-4H3/q+1. The van der Waals surface area contributed by atoms with E-state index >= 15 is 0 Å². The molecule has 0 fully saturated rings. The van der Waals surface area contributed by atoms with Crippen LogP contribution in [0.1, 0.15) is 182 Å². The predicted molar refractivity (Wildman–Crippen MR) is 168 cm³/mol. The van der Waals surface area contributed by atoms with Gasteiger partial charge < -0.3 is 0 Å². The maximum atomic E-state index is 4.47. The van der Waals surface area contributed by atoms with Crippen LogP contribution >= 0.6 is 0 Å². The molecule has 1 heterocycles. The summed E-state index contributed by atoms with van der Waals surface area (Å²) in [4.78, 5) is 4.47. The van der Waals surface area contributed by atoms with E-state index in [2.05, 4.69) is 45.2 Å². The van der Waals surface area contributed by atoms with Crippen LogP contribution in [-0.2, 0) is 0 Å². The molecule has 1 rings (SSSR count). The van der Waals surface area contributed by atoms with Crippen molar-refractivity contribution in [2.75, 3.05) is 13.1 Å². The lowest BCUT2D eigenvalue weighted by Gasteiger charge is -2.27. The maximum absolute atomic E-state index is 4.47. The zero-order chi connectivity index (χ0) is 26.9. The van der Waals surface area contributed by atoms with E-state index in [-0.39, 0.29) is 0 Å². The van der Waals surface area contributed by atoms with E-state index in [4.69, 9.17) is 0 Å². The van der Waals surface area contributed by atoms with Gasteiger partial charge in [0.05, 0.1) is 19.3 Å². The van der Waals surface area contributed by atoms with E-state index in [1.165, 1.54) is 167 Å². The molecule has 0 spiro atoms. The van der Waals surface area contributed by atoms with Gasteiger partial charge in [0.15, 0.2) is 6.34 Å². The molecule has 0 bridgehead atoms. The van der Waals surface area contributed by atoms with E-state index < -0.39 is 0 Å². The summed E-state index contributed by atoms with van der Waals surface area (Å²) in [6.45, 7) is 11.9. The minimum Gasteiger partial charge on any atom is -0.254 e. The van der Waals surface area contributed by atoms with Gasteiger partial charge in [-0.1, -0.05) is 156 Å². The van der Waals surface area contributed by atoms with Crippen LogP contribution in [0.4, 0.5) is 0 Å². The van der Waals surface area contributed by atoms with Gasteiger partial charge in [0, 0.05) is 0 Å². The summed E-state index contributed by atoms with van der Waals surface area (Å²) < 4.78 is 1.02. The Hall–Kier alpha value is -0.630. The number of nitrogens with zero attached hydrogens (tertiary/aromatic N) is 2. The molecule has 0 aromatic rings. The normalized spacial score (nSPS) is 14.5. The highest BCUT2D eigenvalue weighted by molar-refractivity contribution is 5.50. The van der Waals surface area contributed by atoms with Crippen LogP contribution in [0.25, 0.3) is 0 Å². The van der Waals surface area contributed by atoms with E-state index in [0.717, 1.165) is 16.3 Å². The highest BCUT2D eigenvalue weighted by Gasteiger charge is 2.24. The first-order valence-corrected chi connectivity index (χ1v) is 17.1. The number of unbranched alkanes of at least 4 members (excludes halogenated alkanes) is 20. The summed E-state index contributed by atoms with van der Waals surface area (Å²) in [7, 11) is 0. The van der Waals surface area contributed by atoms with Crippen LogP contribution in [0.3, 0.4) is 0 Å². The minimum absolute atomic E-state index is 0.884. The van der Waals surface area contributed by atoms with Crippen LogP contribution in [0.2, 0.25) is 0 Å². The fourth-order valence-corrected chi connectivity index (χ4v) is 5.86. The zero-order valence-corrected chi connectivity index (χ0v) is 26.2. The number of hydrogen-bond donors (Lipinski definition) is 0. The molecule has 0 aromatic heterocycles. The molecule has 0 atom stereocenters. The third-order valence-electron chi connectivity index (χ3n) is 8.46. The van der Waals surface area contributed by atoms with Crippen molar-refractivity contribution in [1.29, 1.82) is 0 Å². The molecule has 0 aromatic carbocycles. The summed E-state index contributed by atoms with van der Waals surface area (Å²) in [5.74, 6) is 1.77. The summed E-state index contributed by atoms with van der Waals surface area (Å²) in [5.41, 5.74) is 0. The SMILES string of the molecule is CC(C)CCCCCCCCCCCCC[N+]1(CCCCCCCCCCCCCC(C)C)C=CN=C1. The molecule has 0 saturated carbocycles. The van der Waals surface area contributed by atoms with Gasteiger partial charge in [-0.2, -0.15) is 0 Å². The fraction of sp³-hybridized carbons (Fsp3) is 0.914. The third-order valence-corrected chi connectivity index (χ3v) is 8.46. The maximum Gasteiger partial charge on any atom is 0.194 e. The Morgan fingerprint density at radius 3 is 1.00 bits per heavy atom. The Morgan fingerprint density at radius 1 is 0.432 bits per heavy atom. The molecule has 0 amide bonds. The van der Waals surface area contributed by atoms with Gasteiger partial charge in [0.2, 0.25) is 0 Å². The lowest BCUT2D eigenvalue weighted by molar-refractivity contribution is -0.780. The lowest BCUT2D eigenvalue weighted by Crippen LogP contribution is -2.41. The van der Waals surface area contributed by atoms with Gasteiger partial charge in [0.25, 0.3) is 0 Å². The van der Waals surface area contributed by atoms with E-state index in [1.54, 1.807) is 0 Å². The summed E-state index contributed by atoms with van der Waals surface area (Å²) in [5, 5.41) is 0. The second-order valence-electron chi connectivity index (χ2n) is 13.3.